The molecule has 58 heavy (non-hydrogen) atoms. The number of amides is 2. The summed E-state index contributed by atoms with van der Waals surface area (Å²) in [6.07, 6.45) is 2.85. The molecule has 0 aliphatic carbocycles. The number of hydrogen-bond donors (Lipinski definition) is 2. The van der Waals surface area contributed by atoms with Gasteiger partial charge in [0.2, 0.25) is 0 Å². The van der Waals surface area contributed by atoms with Gasteiger partial charge < -0.3 is 39.0 Å². The van der Waals surface area contributed by atoms with Gasteiger partial charge in [0.15, 0.2) is 0 Å². The Balaban J connectivity index is 0.000000317. The second kappa shape index (κ2) is 23.3. The van der Waals surface area contributed by atoms with Gasteiger partial charge in [-0.3, -0.25) is 14.8 Å². The number of carbonyl (C=O) groups is 4. The van der Waals surface area contributed by atoms with Crippen molar-refractivity contribution in [3.63, 3.8) is 0 Å². The average molecular weight is 815 g/mol. The second-order valence-electron chi connectivity index (χ2n) is 16.3. The number of carbonyl (C=O) groups excluding carboxylic acids is 4. The van der Waals surface area contributed by atoms with Gasteiger partial charge in [-0.05, 0) is 130 Å². The molecule has 0 aromatic carbocycles. The maximum Gasteiger partial charge on any atom is 0.410 e. The van der Waals surface area contributed by atoms with E-state index in [0.29, 0.717) is 44.0 Å². The molecule has 4 heterocycles. The Morgan fingerprint density at radius 1 is 0.586 bits per heavy atom. The summed E-state index contributed by atoms with van der Waals surface area (Å²) in [7, 11) is 0. The quantitative estimate of drug-likeness (QED) is 0.201. The number of aliphatic hydroxyl groups is 2. The van der Waals surface area contributed by atoms with E-state index >= 15 is 0 Å². The Morgan fingerprint density at radius 3 is 1.28 bits per heavy atom. The van der Waals surface area contributed by atoms with Crippen molar-refractivity contribution < 1.29 is 48.3 Å². The molecular formula is C42H66N6O10. The molecule has 0 radical (unpaired) electrons. The number of nitrogens with zero attached hydrogens (tertiary/aromatic N) is 6. The number of esters is 2. The fraction of sp³-hybridized carbons (Fsp3) is 0.667. The normalized spacial score (nSPS) is 15.3. The van der Waals surface area contributed by atoms with E-state index < -0.39 is 23.1 Å². The molecule has 2 aliphatic heterocycles. The summed E-state index contributed by atoms with van der Waals surface area (Å²) in [4.78, 5) is 65.0. The summed E-state index contributed by atoms with van der Waals surface area (Å²) in [5, 5.41) is 18.5. The number of piperazine rings is 2. The van der Waals surface area contributed by atoms with E-state index in [4.69, 9.17) is 18.9 Å². The van der Waals surface area contributed by atoms with Crippen LogP contribution in [0.1, 0.15) is 112 Å². The standard InChI is InChI=1S/C23H35N3O6.C19H31N3O4/c1-6-30-20(27)18-15-17(16-19(24-18)21(28)31-7-2)9-8-10-25-11-13-26(14-12-25)22(29)32-23(3,4)5;1-19(2,3)26-18(25)22-9-7-21(8-10-22)6-4-5-15-11-16(13-23)20-17(12-15)14-24/h15-16H,6-14H2,1-5H3;11-12,23-24H,4-10,13-14H2,1-3H3. The van der Waals surface area contributed by atoms with Crippen molar-refractivity contribution in [2.24, 2.45) is 0 Å². The Bertz CT molecular complexity index is 1570. The number of pyridine rings is 2. The first kappa shape index (κ1) is 48.0. The Hall–Kier alpha value is -4.38. The third-order valence-corrected chi connectivity index (χ3v) is 9.10. The maximum absolute atomic E-state index is 12.2. The molecule has 0 unspecified atom stereocenters. The molecule has 0 atom stereocenters. The second-order valence-corrected chi connectivity index (χ2v) is 16.3. The Kier molecular flexibility index (Phi) is 19.3. The predicted octanol–water partition coefficient (Wildman–Crippen LogP) is 4.47. The maximum atomic E-state index is 12.2. The Morgan fingerprint density at radius 2 is 0.948 bits per heavy atom. The molecule has 16 nitrogen and oxygen atoms in total. The zero-order valence-electron chi connectivity index (χ0n) is 35.9. The van der Waals surface area contributed by atoms with Crippen LogP contribution in [0, 0.1) is 0 Å². The topological polar surface area (TPSA) is 184 Å². The molecule has 2 aromatic rings. The minimum absolute atomic E-state index is 0.110. The lowest BCUT2D eigenvalue weighted by Crippen LogP contribution is -2.50. The fourth-order valence-corrected chi connectivity index (χ4v) is 6.35. The molecule has 2 aliphatic rings. The molecule has 324 valence electrons. The lowest BCUT2D eigenvalue weighted by Gasteiger charge is -2.35. The van der Waals surface area contributed by atoms with Crippen LogP contribution < -0.4 is 0 Å². The van der Waals surface area contributed by atoms with Crippen molar-refractivity contribution in [1.29, 1.82) is 0 Å². The van der Waals surface area contributed by atoms with E-state index in [1.54, 1.807) is 35.8 Å². The molecule has 2 saturated heterocycles. The first-order valence-electron chi connectivity index (χ1n) is 20.4. The summed E-state index contributed by atoms with van der Waals surface area (Å²) in [5.74, 6) is -1.11. The largest absolute Gasteiger partial charge is 0.461 e. The van der Waals surface area contributed by atoms with Crippen LogP contribution in [0.2, 0.25) is 0 Å². The van der Waals surface area contributed by atoms with E-state index in [2.05, 4.69) is 19.8 Å². The number of ether oxygens (including phenoxy) is 4. The molecule has 2 amide bonds. The number of hydrogen-bond acceptors (Lipinski definition) is 14. The molecule has 2 fully saturated rings. The minimum atomic E-state index is -0.557. The molecule has 4 rings (SSSR count). The van der Waals surface area contributed by atoms with Crippen molar-refractivity contribution in [1.82, 2.24) is 29.6 Å². The Labute approximate surface area is 343 Å². The van der Waals surface area contributed by atoms with Crippen LogP contribution in [0.5, 0.6) is 0 Å². The summed E-state index contributed by atoms with van der Waals surface area (Å²) in [6.45, 7) is 22.6. The van der Waals surface area contributed by atoms with Crippen LogP contribution >= 0.6 is 0 Å². The highest BCUT2D eigenvalue weighted by Crippen LogP contribution is 2.16. The fourth-order valence-electron chi connectivity index (χ4n) is 6.35. The van der Waals surface area contributed by atoms with E-state index in [0.717, 1.165) is 69.7 Å². The van der Waals surface area contributed by atoms with Crippen LogP contribution in [0.25, 0.3) is 0 Å². The zero-order chi connectivity index (χ0) is 42.9. The number of aromatic nitrogens is 2. The summed E-state index contributed by atoms with van der Waals surface area (Å²) in [5.41, 5.74) is 2.37. The van der Waals surface area contributed by atoms with Crippen LogP contribution in [0.15, 0.2) is 24.3 Å². The van der Waals surface area contributed by atoms with Crippen molar-refractivity contribution in [3.8, 4) is 0 Å². The van der Waals surface area contributed by atoms with Crippen molar-refractivity contribution in [2.75, 3.05) is 78.7 Å². The average Bonchev–Trinajstić information content (AvgIpc) is 3.17. The predicted molar refractivity (Wildman–Crippen MR) is 217 cm³/mol. The molecule has 0 spiro atoms. The van der Waals surface area contributed by atoms with Crippen LogP contribution in [-0.2, 0) is 45.0 Å². The summed E-state index contributed by atoms with van der Waals surface area (Å²) in [6, 6.07) is 7.11. The van der Waals surface area contributed by atoms with Gasteiger partial charge >= 0.3 is 24.1 Å². The van der Waals surface area contributed by atoms with Gasteiger partial charge in [-0.15, -0.1) is 0 Å². The van der Waals surface area contributed by atoms with E-state index in [9.17, 15) is 29.4 Å². The van der Waals surface area contributed by atoms with Gasteiger partial charge in [-0.1, -0.05) is 0 Å². The third kappa shape index (κ3) is 17.2. The van der Waals surface area contributed by atoms with Gasteiger partial charge in [-0.25, -0.2) is 24.2 Å². The van der Waals surface area contributed by atoms with Crippen molar-refractivity contribution in [2.45, 2.75) is 105 Å². The van der Waals surface area contributed by atoms with Crippen LogP contribution in [0.3, 0.4) is 0 Å². The van der Waals surface area contributed by atoms with Crippen molar-refractivity contribution in [3.05, 3.63) is 58.2 Å². The van der Waals surface area contributed by atoms with Crippen LogP contribution in [0.4, 0.5) is 9.59 Å². The van der Waals surface area contributed by atoms with Gasteiger partial charge in [0, 0.05) is 52.4 Å². The minimum Gasteiger partial charge on any atom is -0.461 e. The zero-order valence-corrected chi connectivity index (χ0v) is 35.9. The molecule has 2 N–H and O–H groups in total. The molecular weight excluding hydrogens is 748 g/mol. The first-order valence-corrected chi connectivity index (χ1v) is 20.4. The number of aryl methyl sites for hydroxylation is 2. The van der Waals surface area contributed by atoms with E-state index in [1.807, 2.05) is 53.7 Å². The van der Waals surface area contributed by atoms with Gasteiger partial charge in [0.1, 0.15) is 22.6 Å². The van der Waals surface area contributed by atoms with Crippen molar-refractivity contribution >= 4 is 24.1 Å². The molecule has 16 heteroatoms. The smallest absolute Gasteiger partial charge is 0.410 e. The lowest BCUT2D eigenvalue weighted by atomic mass is 10.1. The van der Waals surface area contributed by atoms with E-state index in [-0.39, 0.29) is 50.0 Å². The van der Waals surface area contributed by atoms with Gasteiger partial charge in [-0.2, -0.15) is 0 Å². The summed E-state index contributed by atoms with van der Waals surface area (Å²) >= 11 is 0. The van der Waals surface area contributed by atoms with Gasteiger partial charge in [0.25, 0.3) is 0 Å². The lowest BCUT2D eigenvalue weighted by molar-refractivity contribution is 0.0135. The highest BCUT2D eigenvalue weighted by molar-refractivity contribution is 5.92. The highest BCUT2D eigenvalue weighted by Gasteiger charge is 2.27. The first-order chi connectivity index (χ1) is 27.4. The van der Waals surface area contributed by atoms with Crippen LogP contribution in [-0.4, -0.2) is 154 Å². The number of aliphatic hydroxyl groups excluding tert-OH is 2. The SMILES string of the molecule is CC(C)(C)OC(=O)N1CCN(CCCc2cc(CO)nc(CO)c2)CC1.CCOC(=O)c1cc(CCCN2CCN(C(=O)OC(C)(C)C)CC2)cc(C(=O)OCC)n1. The highest BCUT2D eigenvalue weighted by atomic mass is 16.6. The summed E-state index contributed by atoms with van der Waals surface area (Å²) < 4.78 is 20.9. The molecule has 0 saturated carbocycles. The van der Waals surface area contributed by atoms with Gasteiger partial charge in [0.05, 0.1) is 37.8 Å². The number of rotatable bonds is 14. The van der Waals surface area contributed by atoms with E-state index in [1.165, 1.54) is 0 Å². The monoisotopic (exact) mass is 814 g/mol. The third-order valence-electron chi connectivity index (χ3n) is 9.10. The molecule has 2 aromatic heterocycles. The molecule has 0 bridgehead atoms.